The molecular weight excluding hydrogens is 288 g/mol. The molecule has 0 radical (unpaired) electrons. The van der Waals surface area contributed by atoms with Gasteiger partial charge in [-0.1, -0.05) is 6.07 Å². The van der Waals surface area contributed by atoms with Gasteiger partial charge in [0.15, 0.2) is 0 Å². The normalized spacial score (nSPS) is 21.9. The fraction of sp³-hybridized carbons (Fsp3) is 0.545. The molecule has 0 spiro atoms. The minimum absolute atomic E-state index is 0.411. The van der Waals surface area contributed by atoms with Crippen molar-refractivity contribution in [3.63, 3.8) is 0 Å². The molecule has 0 aliphatic carbocycles. The SMILES string of the molecule is CC1(C)OB(c2ccc(F)nc2Br)OC1(C)C. The summed E-state index contributed by atoms with van der Waals surface area (Å²) < 4.78 is 25.0. The first-order valence-electron chi connectivity index (χ1n) is 5.40. The number of hydrogen-bond donors (Lipinski definition) is 0. The molecule has 0 aromatic carbocycles. The van der Waals surface area contributed by atoms with Gasteiger partial charge < -0.3 is 9.31 Å². The number of aromatic nitrogens is 1. The van der Waals surface area contributed by atoms with Crippen LogP contribution in [0.25, 0.3) is 0 Å². The lowest BCUT2D eigenvalue weighted by atomic mass is 9.80. The Morgan fingerprint density at radius 1 is 1.18 bits per heavy atom. The van der Waals surface area contributed by atoms with Gasteiger partial charge in [-0.2, -0.15) is 4.39 Å². The van der Waals surface area contributed by atoms with E-state index in [1.807, 2.05) is 27.7 Å². The highest BCUT2D eigenvalue weighted by Crippen LogP contribution is 2.36. The Morgan fingerprint density at radius 3 is 2.18 bits per heavy atom. The zero-order valence-corrected chi connectivity index (χ0v) is 11.8. The summed E-state index contributed by atoms with van der Waals surface area (Å²) in [5, 5.41) is 0. The quantitative estimate of drug-likeness (QED) is 0.589. The van der Waals surface area contributed by atoms with Crippen molar-refractivity contribution >= 4 is 28.5 Å². The smallest absolute Gasteiger partial charge is 0.399 e. The maximum atomic E-state index is 12.9. The number of pyridine rings is 1. The summed E-state index contributed by atoms with van der Waals surface area (Å²) >= 11 is 3.22. The van der Waals surface area contributed by atoms with Crippen molar-refractivity contribution < 1.29 is 13.7 Å². The highest BCUT2D eigenvalue weighted by molar-refractivity contribution is 9.10. The standard InChI is InChI=1S/C11H14BBrFNO2/c1-10(2)11(3,4)17-12(16-10)7-5-6-8(14)15-9(7)13/h5-6H,1-4H3. The van der Waals surface area contributed by atoms with E-state index in [1.54, 1.807) is 6.07 Å². The van der Waals surface area contributed by atoms with Crippen LogP contribution in [0.4, 0.5) is 4.39 Å². The van der Waals surface area contributed by atoms with Gasteiger partial charge in [0.1, 0.15) is 4.60 Å². The van der Waals surface area contributed by atoms with E-state index in [9.17, 15) is 4.39 Å². The zero-order valence-electron chi connectivity index (χ0n) is 10.3. The summed E-state index contributed by atoms with van der Waals surface area (Å²) in [5.41, 5.74) is -0.123. The van der Waals surface area contributed by atoms with Crippen LogP contribution in [0.1, 0.15) is 27.7 Å². The van der Waals surface area contributed by atoms with Gasteiger partial charge in [0.05, 0.1) is 11.2 Å². The second-order valence-electron chi connectivity index (χ2n) is 5.10. The predicted octanol–water partition coefficient (Wildman–Crippen LogP) is 2.28. The maximum absolute atomic E-state index is 12.9. The monoisotopic (exact) mass is 301 g/mol. The van der Waals surface area contributed by atoms with Crippen molar-refractivity contribution in [3.8, 4) is 0 Å². The second-order valence-corrected chi connectivity index (χ2v) is 5.85. The first-order valence-corrected chi connectivity index (χ1v) is 6.20. The Hall–Kier alpha value is -0.455. The highest BCUT2D eigenvalue weighted by atomic mass is 79.9. The molecule has 1 fully saturated rings. The molecule has 1 aromatic rings. The number of nitrogens with zero attached hydrogens (tertiary/aromatic N) is 1. The number of rotatable bonds is 1. The lowest BCUT2D eigenvalue weighted by Gasteiger charge is -2.32. The molecule has 1 aromatic heterocycles. The lowest BCUT2D eigenvalue weighted by molar-refractivity contribution is 0.00578. The topological polar surface area (TPSA) is 31.4 Å². The summed E-state index contributed by atoms with van der Waals surface area (Å²) in [7, 11) is -0.525. The second kappa shape index (κ2) is 4.04. The first kappa shape index (κ1) is 13.0. The van der Waals surface area contributed by atoms with Crippen molar-refractivity contribution in [1.29, 1.82) is 0 Å². The molecule has 0 bridgehead atoms. The molecular formula is C11H14BBrFNO2. The molecule has 1 aliphatic rings. The predicted molar refractivity (Wildman–Crippen MR) is 67.6 cm³/mol. The van der Waals surface area contributed by atoms with E-state index < -0.39 is 24.3 Å². The van der Waals surface area contributed by atoms with Crippen LogP contribution >= 0.6 is 15.9 Å². The molecule has 17 heavy (non-hydrogen) atoms. The summed E-state index contributed by atoms with van der Waals surface area (Å²) in [6.45, 7) is 7.88. The Bertz CT molecular complexity index is 437. The minimum Gasteiger partial charge on any atom is -0.399 e. The largest absolute Gasteiger partial charge is 0.497 e. The van der Waals surface area contributed by atoms with Gasteiger partial charge in [0, 0.05) is 5.46 Å². The van der Waals surface area contributed by atoms with Gasteiger partial charge in [-0.3, -0.25) is 0 Å². The molecule has 0 atom stereocenters. The van der Waals surface area contributed by atoms with Crippen molar-refractivity contribution in [2.45, 2.75) is 38.9 Å². The van der Waals surface area contributed by atoms with Crippen LogP contribution < -0.4 is 5.46 Å². The third kappa shape index (κ3) is 2.26. The Labute approximate surface area is 109 Å². The van der Waals surface area contributed by atoms with E-state index in [4.69, 9.17) is 9.31 Å². The summed E-state index contributed by atoms with van der Waals surface area (Å²) in [4.78, 5) is 3.70. The number of halogens is 2. The average Bonchev–Trinajstić information content (AvgIpc) is 2.35. The van der Waals surface area contributed by atoms with E-state index in [-0.39, 0.29) is 0 Å². The fourth-order valence-corrected chi connectivity index (χ4v) is 2.06. The Balaban J connectivity index is 2.32. The molecule has 6 heteroatoms. The molecule has 1 saturated heterocycles. The van der Waals surface area contributed by atoms with Gasteiger partial charge >= 0.3 is 7.12 Å². The van der Waals surface area contributed by atoms with E-state index in [1.165, 1.54) is 6.07 Å². The van der Waals surface area contributed by atoms with Crippen LogP contribution in [0.2, 0.25) is 0 Å². The zero-order chi connectivity index (χ0) is 12.8. The molecule has 0 N–H and O–H groups in total. The van der Waals surface area contributed by atoms with Crippen LogP contribution in [0.15, 0.2) is 16.7 Å². The Kier molecular flexibility index (Phi) is 3.08. The van der Waals surface area contributed by atoms with E-state index in [0.717, 1.165) is 0 Å². The maximum Gasteiger partial charge on any atom is 0.497 e. The van der Waals surface area contributed by atoms with Crippen LogP contribution in [0.5, 0.6) is 0 Å². The van der Waals surface area contributed by atoms with E-state index in [0.29, 0.717) is 10.1 Å². The average molecular weight is 302 g/mol. The first-order chi connectivity index (χ1) is 7.73. The molecule has 1 aliphatic heterocycles. The molecule has 0 unspecified atom stereocenters. The van der Waals surface area contributed by atoms with Gasteiger partial charge in [0.25, 0.3) is 0 Å². The van der Waals surface area contributed by atoms with E-state index >= 15 is 0 Å². The van der Waals surface area contributed by atoms with Gasteiger partial charge in [0.2, 0.25) is 5.95 Å². The van der Waals surface area contributed by atoms with E-state index in [2.05, 4.69) is 20.9 Å². The summed E-state index contributed by atoms with van der Waals surface area (Å²) in [6, 6.07) is 2.92. The van der Waals surface area contributed by atoms with Gasteiger partial charge in [-0.05, 0) is 49.7 Å². The van der Waals surface area contributed by atoms with Crippen LogP contribution in [-0.4, -0.2) is 23.3 Å². The number of hydrogen-bond acceptors (Lipinski definition) is 3. The lowest BCUT2D eigenvalue weighted by Crippen LogP contribution is -2.41. The summed E-state index contributed by atoms with van der Waals surface area (Å²) in [6.07, 6.45) is 0. The van der Waals surface area contributed by atoms with Crippen molar-refractivity contribution in [2.75, 3.05) is 0 Å². The van der Waals surface area contributed by atoms with Crippen LogP contribution in [0.3, 0.4) is 0 Å². The fourth-order valence-electron chi connectivity index (χ4n) is 1.57. The molecule has 2 rings (SSSR count). The van der Waals surface area contributed by atoms with Crippen molar-refractivity contribution in [3.05, 3.63) is 22.7 Å². The van der Waals surface area contributed by atoms with Crippen molar-refractivity contribution in [2.24, 2.45) is 0 Å². The van der Waals surface area contributed by atoms with Crippen LogP contribution in [0, 0.1) is 5.95 Å². The van der Waals surface area contributed by atoms with Gasteiger partial charge in [-0.25, -0.2) is 4.98 Å². The van der Waals surface area contributed by atoms with Crippen molar-refractivity contribution in [1.82, 2.24) is 4.98 Å². The molecule has 0 saturated carbocycles. The Morgan fingerprint density at radius 2 is 1.71 bits per heavy atom. The minimum atomic E-state index is -0.530. The highest BCUT2D eigenvalue weighted by Gasteiger charge is 2.52. The van der Waals surface area contributed by atoms with Crippen LogP contribution in [-0.2, 0) is 9.31 Å². The molecule has 2 heterocycles. The third-order valence-electron chi connectivity index (χ3n) is 3.35. The summed E-state index contributed by atoms with van der Waals surface area (Å²) in [5.74, 6) is -0.530. The van der Waals surface area contributed by atoms with Gasteiger partial charge in [-0.15, -0.1) is 0 Å². The molecule has 92 valence electrons. The molecule has 3 nitrogen and oxygen atoms in total. The third-order valence-corrected chi connectivity index (χ3v) is 3.99. The molecule has 0 amide bonds.